The molecule has 2 bridgehead atoms. The lowest BCUT2D eigenvalue weighted by molar-refractivity contribution is -0.202. The molecule has 2 aromatic heterocycles. The van der Waals surface area contributed by atoms with E-state index in [-0.39, 0.29) is 12.3 Å². The molecule has 2 N–H and O–H groups in total. The van der Waals surface area contributed by atoms with E-state index in [2.05, 4.69) is 40.4 Å². The molecule has 8 nitrogen and oxygen atoms in total. The summed E-state index contributed by atoms with van der Waals surface area (Å²) in [6.45, 7) is 4.24. The fourth-order valence-electron chi connectivity index (χ4n) is 7.53. The number of ether oxygens (including phenoxy) is 2. The van der Waals surface area contributed by atoms with Crippen LogP contribution in [0.2, 0.25) is 0 Å². The molecule has 204 valence electrons. The van der Waals surface area contributed by atoms with Crippen LogP contribution in [0.5, 0.6) is 0 Å². The molecular formula is C31H29N3O5S. The molecule has 9 heteroatoms. The van der Waals surface area contributed by atoms with E-state index in [0.717, 1.165) is 66.9 Å². The summed E-state index contributed by atoms with van der Waals surface area (Å²) in [5, 5.41) is 19.1. The van der Waals surface area contributed by atoms with E-state index in [4.69, 9.17) is 9.47 Å². The molecule has 3 atom stereocenters. The molecule has 1 amide bonds. The molecule has 1 fully saturated rings. The van der Waals surface area contributed by atoms with Crippen LogP contribution in [0.3, 0.4) is 0 Å². The van der Waals surface area contributed by atoms with Gasteiger partial charge in [0.15, 0.2) is 5.72 Å². The van der Waals surface area contributed by atoms with Crippen LogP contribution in [-0.4, -0.2) is 50.8 Å². The number of carbonyl (C=O) groups excluding carboxylic acids is 2. The molecule has 3 unspecified atom stereocenters. The number of nitrogens with zero attached hydrogens (tertiary/aromatic N) is 2. The van der Waals surface area contributed by atoms with Gasteiger partial charge in [-0.2, -0.15) is 11.8 Å². The van der Waals surface area contributed by atoms with E-state index in [1.807, 2.05) is 23.6 Å². The molecular weight excluding hydrogens is 526 g/mol. The number of hydrogen-bond donors (Lipinski definition) is 2. The lowest BCUT2D eigenvalue weighted by atomic mass is 9.88. The molecule has 40 heavy (non-hydrogen) atoms. The second-order valence-electron chi connectivity index (χ2n) is 11.4. The summed E-state index contributed by atoms with van der Waals surface area (Å²) >= 11 is 1.80. The van der Waals surface area contributed by atoms with Crippen molar-refractivity contribution in [2.45, 2.75) is 50.8 Å². The van der Waals surface area contributed by atoms with Crippen molar-refractivity contribution in [2.24, 2.45) is 0 Å². The summed E-state index contributed by atoms with van der Waals surface area (Å²) in [4.78, 5) is 26.9. The summed E-state index contributed by atoms with van der Waals surface area (Å²) in [5.41, 5.74) is 4.03. The van der Waals surface area contributed by atoms with Gasteiger partial charge >= 0.3 is 5.97 Å². The summed E-state index contributed by atoms with van der Waals surface area (Å²) in [6, 6.07) is 12.6. The molecule has 3 aliphatic heterocycles. The van der Waals surface area contributed by atoms with E-state index in [9.17, 15) is 14.7 Å². The Morgan fingerprint density at radius 2 is 1.95 bits per heavy atom. The first-order valence-corrected chi connectivity index (χ1v) is 14.9. The predicted molar refractivity (Wildman–Crippen MR) is 156 cm³/mol. The van der Waals surface area contributed by atoms with Crippen molar-refractivity contribution in [3.63, 3.8) is 0 Å². The van der Waals surface area contributed by atoms with Gasteiger partial charge in [-0.3, -0.25) is 4.79 Å². The fraction of sp³-hybridized carbons (Fsp3) is 0.355. The molecule has 3 aliphatic rings. The quantitative estimate of drug-likeness (QED) is 0.308. The number of fused-ring (bicyclic) bond motifs is 13. The molecule has 0 aliphatic carbocycles. The zero-order valence-electron chi connectivity index (χ0n) is 22.8. The molecule has 8 rings (SSSR count). The van der Waals surface area contributed by atoms with Crippen molar-refractivity contribution in [1.29, 1.82) is 0 Å². The molecule has 0 radical (unpaired) electrons. The van der Waals surface area contributed by atoms with Gasteiger partial charge in [0.1, 0.15) is 6.23 Å². The third kappa shape index (κ3) is 2.66. The smallest absolute Gasteiger partial charge is 0.343 e. The average Bonchev–Trinajstić information content (AvgIpc) is 3.63. The van der Waals surface area contributed by atoms with Crippen molar-refractivity contribution in [3.8, 4) is 0 Å². The monoisotopic (exact) mass is 555 g/mol. The molecule has 0 saturated carbocycles. The predicted octanol–water partition coefficient (Wildman–Crippen LogP) is 4.87. The average molecular weight is 556 g/mol. The summed E-state index contributed by atoms with van der Waals surface area (Å²) < 4.78 is 16.1. The van der Waals surface area contributed by atoms with E-state index in [1.165, 1.54) is 12.7 Å². The van der Waals surface area contributed by atoms with Gasteiger partial charge in [0.25, 0.3) is 5.91 Å². The van der Waals surface area contributed by atoms with Crippen LogP contribution in [-0.2, 0) is 33.0 Å². The maximum absolute atomic E-state index is 13.5. The fourth-order valence-corrected chi connectivity index (χ4v) is 7.97. The largest absolute Gasteiger partial charge is 0.467 e. The number of amides is 1. The van der Waals surface area contributed by atoms with E-state index >= 15 is 0 Å². The minimum absolute atomic E-state index is 0.0125. The number of rotatable bonds is 4. The van der Waals surface area contributed by atoms with Gasteiger partial charge in [0.05, 0.1) is 34.7 Å². The zero-order chi connectivity index (χ0) is 27.7. The number of benzene rings is 3. The summed E-state index contributed by atoms with van der Waals surface area (Å²) in [7, 11) is 1.30. The Labute approximate surface area is 234 Å². The standard InChI is InChI=1S/C31H29N3O5S/c1-15-5-7-20-17(11-15)24-25-19(14-32-28(25)35)23-18-12-16(9-10-40-4)6-8-21(18)34-27(23)26(24)33(20)22-13-31(37,29(36)38-3)30(34,2)39-22/h5-8,11-12,22,37H,9-10,13-14H2,1-4H3,(H,32,35). The van der Waals surface area contributed by atoms with Crippen LogP contribution in [0.1, 0.15) is 46.6 Å². The maximum Gasteiger partial charge on any atom is 0.343 e. The normalized spacial score (nSPS) is 24.9. The number of carbonyl (C=O) groups is 2. The van der Waals surface area contributed by atoms with Gasteiger partial charge in [-0.05, 0) is 67.7 Å². The second-order valence-corrected chi connectivity index (χ2v) is 12.4. The number of methoxy groups -OCH3 is 1. The topological polar surface area (TPSA) is 94.7 Å². The number of aliphatic hydroxyl groups is 1. The van der Waals surface area contributed by atoms with Crippen molar-refractivity contribution in [1.82, 2.24) is 14.5 Å². The Morgan fingerprint density at radius 1 is 1.18 bits per heavy atom. The van der Waals surface area contributed by atoms with Crippen molar-refractivity contribution < 1.29 is 24.2 Å². The van der Waals surface area contributed by atoms with Gasteiger partial charge in [-0.25, -0.2) is 4.79 Å². The van der Waals surface area contributed by atoms with Crippen LogP contribution in [0.15, 0.2) is 36.4 Å². The third-order valence-corrected chi connectivity index (χ3v) is 9.97. The number of hydrogen-bond acceptors (Lipinski definition) is 6. The molecule has 0 spiro atoms. The van der Waals surface area contributed by atoms with E-state index in [0.29, 0.717) is 12.1 Å². The molecule has 5 aromatic rings. The van der Waals surface area contributed by atoms with Gasteiger partial charge in [-0.15, -0.1) is 0 Å². The third-order valence-electron chi connectivity index (χ3n) is 9.36. The Balaban J connectivity index is 1.66. The Hall–Kier alpha value is -3.53. The highest BCUT2D eigenvalue weighted by molar-refractivity contribution is 7.98. The van der Waals surface area contributed by atoms with Crippen molar-refractivity contribution in [2.75, 3.05) is 19.1 Å². The first kappa shape index (κ1) is 24.3. The molecule has 3 aromatic carbocycles. The highest BCUT2D eigenvalue weighted by Crippen LogP contribution is 2.57. The van der Waals surface area contributed by atoms with Crippen molar-refractivity contribution >= 4 is 67.3 Å². The zero-order valence-corrected chi connectivity index (χ0v) is 23.6. The van der Waals surface area contributed by atoms with Gasteiger partial charge in [-0.1, -0.05) is 17.7 Å². The Morgan fingerprint density at radius 3 is 2.73 bits per heavy atom. The van der Waals surface area contributed by atoms with Crippen LogP contribution < -0.4 is 5.32 Å². The lowest BCUT2D eigenvalue weighted by Gasteiger charge is -2.37. The van der Waals surface area contributed by atoms with Gasteiger partial charge in [0, 0.05) is 34.5 Å². The molecule has 1 saturated heterocycles. The Kier molecular flexibility index (Phi) is 4.74. The number of thioether (sulfide) groups is 1. The van der Waals surface area contributed by atoms with Gasteiger partial charge < -0.3 is 29.0 Å². The minimum Gasteiger partial charge on any atom is -0.467 e. The highest BCUT2D eigenvalue weighted by Gasteiger charge is 2.65. The van der Waals surface area contributed by atoms with Crippen LogP contribution in [0.25, 0.3) is 43.6 Å². The van der Waals surface area contributed by atoms with Gasteiger partial charge in [0.2, 0.25) is 5.60 Å². The highest BCUT2D eigenvalue weighted by atomic mass is 32.2. The number of aromatic nitrogens is 2. The second kappa shape index (κ2) is 7.81. The first-order chi connectivity index (χ1) is 19.2. The van der Waals surface area contributed by atoms with Crippen LogP contribution in [0, 0.1) is 6.92 Å². The Bertz CT molecular complexity index is 1990. The number of esters is 1. The SMILES string of the molecule is COC(=O)C1(O)CC2OC1(C)n1c3ccc(CCSC)cc3c3c4c(c5c6cc(C)ccc6n2c5c31)C(=O)NC4. The summed E-state index contributed by atoms with van der Waals surface area (Å²) in [6.07, 6.45) is 2.37. The van der Waals surface area contributed by atoms with E-state index in [1.54, 1.807) is 18.7 Å². The number of aryl methyl sites for hydroxylation is 2. The van der Waals surface area contributed by atoms with Crippen LogP contribution >= 0.6 is 11.8 Å². The summed E-state index contributed by atoms with van der Waals surface area (Å²) in [5.74, 6) is 0.184. The number of nitrogens with one attached hydrogen (secondary N) is 1. The van der Waals surface area contributed by atoms with Crippen LogP contribution in [0.4, 0.5) is 0 Å². The molecule has 5 heterocycles. The van der Waals surface area contributed by atoms with E-state index < -0.39 is 23.5 Å². The first-order valence-electron chi connectivity index (χ1n) is 13.6. The minimum atomic E-state index is -1.94. The lowest BCUT2D eigenvalue weighted by Crippen LogP contribution is -2.56. The van der Waals surface area contributed by atoms with Crippen molar-refractivity contribution in [3.05, 3.63) is 58.7 Å². The maximum atomic E-state index is 13.5.